The number of carbonyl (C=O) groups excluding carboxylic acids is 1. The molecular formula is C21H22N6O5. The average molecular weight is 438 g/mol. The van der Waals surface area contributed by atoms with E-state index in [9.17, 15) is 14.4 Å². The van der Waals surface area contributed by atoms with Crippen LogP contribution in [0.25, 0.3) is 10.9 Å². The highest BCUT2D eigenvalue weighted by Gasteiger charge is 2.23. The molecule has 0 saturated carbocycles. The van der Waals surface area contributed by atoms with E-state index in [2.05, 4.69) is 20.6 Å². The molecule has 0 spiro atoms. The number of carbonyl (C=O) groups is 3. The van der Waals surface area contributed by atoms with Crippen LogP contribution in [0.5, 0.6) is 0 Å². The number of nitrogens with one attached hydrogen (secondary N) is 2. The van der Waals surface area contributed by atoms with Crippen molar-refractivity contribution in [2.45, 2.75) is 25.9 Å². The molecule has 0 fully saturated rings. The van der Waals surface area contributed by atoms with Crippen LogP contribution >= 0.6 is 0 Å². The van der Waals surface area contributed by atoms with Gasteiger partial charge in [-0.1, -0.05) is 6.07 Å². The van der Waals surface area contributed by atoms with Crippen LogP contribution in [-0.2, 0) is 16.1 Å². The van der Waals surface area contributed by atoms with Crippen molar-refractivity contribution in [2.75, 3.05) is 16.8 Å². The molecule has 166 valence electrons. The molecular weight excluding hydrogens is 416 g/mol. The number of anilines is 3. The predicted molar refractivity (Wildman–Crippen MR) is 118 cm³/mol. The van der Waals surface area contributed by atoms with Gasteiger partial charge in [0.2, 0.25) is 5.95 Å². The highest BCUT2D eigenvalue weighted by Crippen LogP contribution is 2.26. The molecule has 3 aromatic rings. The summed E-state index contributed by atoms with van der Waals surface area (Å²) >= 11 is 0. The number of rotatable bonds is 8. The highest BCUT2D eigenvalue weighted by molar-refractivity contribution is 5.97. The van der Waals surface area contributed by atoms with Crippen molar-refractivity contribution in [1.29, 1.82) is 0 Å². The number of amides is 1. The van der Waals surface area contributed by atoms with Crippen molar-refractivity contribution < 1.29 is 24.6 Å². The number of benzene rings is 2. The molecule has 0 bridgehead atoms. The fourth-order valence-electron chi connectivity index (χ4n) is 3.23. The van der Waals surface area contributed by atoms with Crippen LogP contribution in [-0.4, -0.2) is 44.1 Å². The summed E-state index contributed by atoms with van der Waals surface area (Å²) in [5.41, 5.74) is 15.1. The van der Waals surface area contributed by atoms with E-state index in [0.717, 1.165) is 22.2 Å². The first-order valence-corrected chi connectivity index (χ1v) is 9.56. The zero-order valence-electron chi connectivity index (χ0n) is 17.1. The molecule has 8 N–H and O–H groups in total. The molecule has 0 aliphatic carbocycles. The Morgan fingerprint density at radius 3 is 2.34 bits per heavy atom. The maximum atomic E-state index is 12.2. The fraction of sp³-hybridized carbons (Fsp3) is 0.190. The lowest BCUT2D eigenvalue weighted by Gasteiger charge is -2.14. The zero-order valence-corrected chi connectivity index (χ0v) is 17.1. The van der Waals surface area contributed by atoms with Gasteiger partial charge in [0.15, 0.2) is 0 Å². The molecule has 0 saturated heterocycles. The number of fused-ring (bicyclic) bond motifs is 1. The third kappa shape index (κ3) is 5.01. The van der Waals surface area contributed by atoms with E-state index < -0.39 is 30.3 Å². The monoisotopic (exact) mass is 438 g/mol. The lowest BCUT2D eigenvalue weighted by molar-refractivity contribution is -0.145. The Labute approximate surface area is 182 Å². The number of nitrogen functional groups attached to an aromatic ring is 2. The van der Waals surface area contributed by atoms with Crippen molar-refractivity contribution >= 4 is 46.2 Å². The first kappa shape index (κ1) is 22.3. The maximum absolute atomic E-state index is 12.2. The fourth-order valence-corrected chi connectivity index (χ4v) is 3.23. The normalized spacial score (nSPS) is 11.7. The van der Waals surface area contributed by atoms with Gasteiger partial charge in [0.05, 0.1) is 11.9 Å². The first-order valence-electron chi connectivity index (χ1n) is 9.56. The van der Waals surface area contributed by atoms with Gasteiger partial charge in [-0.2, -0.15) is 4.98 Å². The van der Waals surface area contributed by atoms with Crippen molar-refractivity contribution in [3.05, 3.63) is 53.1 Å². The Balaban J connectivity index is 1.69. The first-order chi connectivity index (χ1) is 15.2. The summed E-state index contributed by atoms with van der Waals surface area (Å²) in [5, 5.41) is 24.0. The van der Waals surface area contributed by atoms with Gasteiger partial charge in [-0.05, 0) is 48.4 Å². The zero-order chi connectivity index (χ0) is 23.4. The third-order valence-electron chi connectivity index (χ3n) is 4.89. The van der Waals surface area contributed by atoms with Crippen LogP contribution in [0.2, 0.25) is 0 Å². The van der Waals surface area contributed by atoms with Crippen LogP contribution in [0.3, 0.4) is 0 Å². The summed E-state index contributed by atoms with van der Waals surface area (Å²) in [5.74, 6) is -2.99. The molecule has 1 heterocycles. The average Bonchev–Trinajstić information content (AvgIpc) is 2.72. The van der Waals surface area contributed by atoms with Crippen molar-refractivity contribution in [3.63, 3.8) is 0 Å². The Bertz CT molecular complexity index is 1200. The van der Waals surface area contributed by atoms with E-state index >= 15 is 0 Å². The molecule has 0 aliphatic rings. The smallest absolute Gasteiger partial charge is 0.326 e. The Morgan fingerprint density at radius 1 is 1.03 bits per heavy atom. The van der Waals surface area contributed by atoms with Gasteiger partial charge in [0, 0.05) is 23.2 Å². The second kappa shape index (κ2) is 9.16. The molecule has 2 aromatic carbocycles. The number of hydrogen-bond acceptors (Lipinski definition) is 8. The quantitative estimate of drug-likeness (QED) is 0.299. The molecule has 0 radical (unpaired) electrons. The van der Waals surface area contributed by atoms with Crippen LogP contribution in [0.1, 0.15) is 27.9 Å². The predicted octanol–water partition coefficient (Wildman–Crippen LogP) is 1.37. The number of nitrogens with two attached hydrogens (primary N) is 2. The molecule has 1 amide bonds. The van der Waals surface area contributed by atoms with Crippen LogP contribution in [0, 0.1) is 6.92 Å². The van der Waals surface area contributed by atoms with Gasteiger partial charge in [-0.3, -0.25) is 9.59 Å². The minimum atomic E-state index is -1.51. The lowest BCUT2D eigenvalue weighted by atomic mass is 10.0. The molecule has 1 aromatic heterocycles. The molecule has 32 heavy (non-hydrogen) atoms. The standard InChI is InChI=1S/C21H22N6O5/c1-10-12(4-7-14-17(10)18(22)27-21(23)26-14)9-24-13-5-2-11(3-6-13)19(30)25-15(20(31)32)8-16(28)29/h2-7,15,24H,8-9H2,1H3,(H,25,30)(H,28,29)(H,31,32)(H4,22,23,26,27)/t15-/m0/s1. The summed E-state index contributed by atoms with van der Waals surface area (Å²) in [4.78, 5) is 42.3. The van der Waals surface area contributed by atoms with E-state index in [4.69, 9.17) is 21.7 Å². The van der Waals surface area contributed by atoms with E-state index in [-0.39, 0.29) is 11.5 Å². The van der Waals surface area contributed by atoms with Gasteiger partial charge < -0.3 is 32.3 Å². The van der Waals surface area contributed by atoms with Gasteiger partial charge in [-0.15, -0.1) is 0 Å². The summed E-state index contributed by atoms with van der Waals surface area (Å²) in [7, 11) is 0. The van der Waals surface area contributed by atoms with Crippen LogP contribution in [0.4, 0.5) is 17.5 Å². The Kier molecular flexibility index (Phi) is 6.38. The van der Waals surface area contributed by atoms with E-state index in [1.165, 1.54) is 12.1 Å². The summed E-state index contributed by atoms with van der Waals surface area (Å²) < 4.78 is 0. The molecule has 11 heteroatoms. The van der Waals surface area contributed by atoms with Gasteiger partial charge in [0.25, 0.3) is 5.91 Å². The van der Waals surface area contributed by atoms with Crippen LogP contribution < -0.4 is 22.1 Å². The van der Waals surface area contributed by atoms with E-state index in [0.29, 0.717) is 17.9 Å². The Morgan fingerprint density at radius 2 is 1.72 bits per heavy atom. The second-order valence-corrected chi connectivity index (χ2v) is 7.10. The topological polar surface area (TPSA) is 194 Å². The van der Waals surface area contributed by atoms with Gasteiger partial charge in [0.1, 0.15) is 11.9 Å². The second-order valence-electron chi connectivity index (χ2n) is 7.10. The molecule has 3 rings (SSSR count). The third-order valence-corrected chi connectivity index (χ3v) is 4.89. The summed E-state index contributed by atoms with van der Waals surface area (Å²) in [6, 6.07) is 8.57. The van der Waals surface area contributed by atoms with Crippen LogP contribution in [0.15, 0.2) is 36.4 Å². The van der Waals surface area contributed by atoms with Crippen molar-refractivity contribution in [2.24, 2.45) is 0 Å². The molecule has 11 nitrogen and oxygen atoms in total. The number of nitrogens with zero attached hydrogens (tertiary/aromatic N) is 2. The molecule has 1 atom stereocenters. The summed E-state index contributed by atoms with van der Waals surface area (Å²) in [6.07, 6.45) is -0.714. The lowest BCUT2D eigenvalue weighted by Crippen LogP contribution is -2.42. The minimum Gasteiger partial charge on any atom is -0.481 e. The van der Waals surface area contributed by atoms with Gasteiger partial charge in [-0.25, -0.2) is 9.78 Å². The highest BCUT2D eigenvalue weighted by atomic mass is 16.4. The van der Waals surface area contributed by atoms with E-state index in [1.807, 2.05) is 19.1 Å². The SMILES string of the molecule is Cc1c(CNc2ccc(C(=O)N[C@@H](CC(=O)O)C(=O)O)cc2)ccc2nc(N)nc(N)c12. The minimum absolute atomic E-state index is 0.113. The number of carboxylic acids is 2. The summed E-state index contributed by atoms with van der Waals surface area (Å²) in [6.45, 7) is 2.38. The van der Waals surface area contributed by atoms with E-state index in [1.54, 1.807) is 12.1 Å². The number of aliphatic carboxylic acids is 2. The molecule has 0 unspecified atom stereocenters. The number of aromatic nitrogens is 2. The number of carboxylic acid groups (broad SMARTS) is 2. The van der Waals surface area contributed by atoms with Crippen molar-refractivity contribution in [1.82, 2.24) is 15.3 Å². The van der Waals surface area contributed by atoms with Crippen molar-refractivity contribution in [3.8, 4) is 0 Å². The molecule has 0 aliphatic heterocycles. The number of aryl methyl sites for hydroxylation is 1. The van der Waals surface area contributed by atoms with Gasteiger partial charge >= 0.3 is 11.9 Å². The largest absolute Gasteiger partial charge is 0.481 e. The Hall–Kier alpha value is -4.41. The maximum Gasteiger partial charge on any atom is 0.326 e. The number of hydrogen-bond donors (Lipinski definition) is 6.